The average Bonchev–Trinajstić information content (AvgIpc) is 2.50. The molecule has 1 aliphatic heterocycles. The molecular formula is C14H21N3O2S. The SMILES string of the molecule is CCC(C)SCc1nc2c(c(C(=O)OC)n1)CCNC2. The molecule has 2 heterocycles. The molecule has 1 aromatic rings. The zero-order valence-electron chi connectivity index (χ0n) is 12.2. The van der Waals surface area contributed by atoms with Crippen LogP contribution in [0.2, 0.25) is 0 Å². The van der Waals surface area contributed by atoms with Crippen LogP contribution in [0.3, 0.4) is 0 Å². The third kappa shape index (κ3) is 3.49. The largest absolute Gasteiger partial charge is 0.464 e. The number of nitrogens with zero attached hydrogens (tertiary/aromatic N) is 2. The fourth-order valence-electron chi connectivity index (χ4n) is 2.08. The number of thioether (sulfide) groups is 1. The van der Waals surface area contributed by atoms with Crippen molar-refractivity contribution in [2.24, 2.45) is 0 Å². The van der Waals surface area contributed by atoms with Crippen molar-refractivity contribution < 1.29 is 9.53 Å². The lowest BCUT2D eigenvalue weighted by Gasteiger charge is -2.19. The minimum Gasteiger partial charge on any atom is -0.464 e. The Balaban J connectivity index is 2.27. The molecule has 20 heavy (non-hydrogen) atoms. The monoisotopic (exact) mass is 295 g/mol. The summed E-state index contributed by atoms with van der Waals surface area (Å²) in [5, 5.41) is 3.84. The van der Waals surface area contributed by atoms with Gasteiger partial charge in [-0.25, -0.2) is 14.8 Å². The Labute approximate surface area is 123 Å². The zero-order chi connectivity index (χ0) is 14.5. The van der Waals surface area contributed by atoms with Gasteiger partial charge in [0.2, 0.25) is 0 Å². The summed E-state index contributed by atoms with van der Waals surface area (Å²) in [5.41, 5.74) is 2.32. The minimum atomic E-state index is -0.361. The number of hydrogen-bond donors (Lipinski definition) is 1. The Kier molecular flexibility index (Phi) is 5.37. The standard InChI is InChI=1S/C14H21N3O2S/c1-4-9(2)20-8-12-16-11-7-15-6-5-10(11)13(17-12)14(18)19-3/h9,15H,4-8H2,1-3H3. The topological polar surface area (TPSA) is 64.1 Å². The van der Waals surface area contributed by atoms with Crippen molar-refractivity contribution >= 4 is 17.7 Å². The van der Waals surface area contributed by atoms with Gasteiger partial charge in [-0.15, -0.1) is 0 Å². The second-order valence-corrected chi connectivity index (χ2v) is 6.29. The number of fused-ring (bicyclic) bond motifs is 1. The van der Waals surface area contributed by atoms with Crippen LogP contribution in [0.4, 0.5) is 0 Å². The number of nitrogens with one attached hydrogen (secondary N) is 1. The highest BCUT2D eigenvalue weighted by molar-refractivity contribution is 7.99. The molecule has 2 rings (SSSR count). The molecule has 1 atom stereocenters. The fourth-order valence-corrected chi connectivity index (χ4v) is 2.87. The molecule has 0 amide bonds. The number of rotatable bonds is 5. The number of methoxy groups -OCH3 is 1. The maximum absolute atomic E-state index is 11.9. The third-order valence-corrected chi connectivity index (χ3v) is 4.76. The summed E-state index contributed by atoms with van der Waals surface area (Å²) < 4.78 is 4.85. The molecule has 0 aliphatic carbocycles. The molecule has 110 valence electrons. The zero-order valence-corrected chi connectivity index (χ0v) is 13.0. The van der Waals surface area contributed by atoms with Gasteiger partial charge < -0.3 is 10.1 Å². The molecule has 0 saturated heterocycles. The molecule has 0 radical (unpaired) electrons. The number of esters is 1. The Morgan fingerprint density at radius 3 is 3.00 bits per heavy atom. The lowest BCUT2D eigenvalue weighted by Crippen LogP contribution is -2.28. The summed E-state index contributed by atoms with van der Waals surface area (Å²) in [6.45, 7) is 5.89. The van der Waals surface area contributed by atoms with Crippen LogP contribution in [0.1, 0.15) is 47.8 Å². The maximum atomic E-state index is 11.9. The number of ether oxygens (including phenoxy) is 1. The maximum Gasteiger partial charge on any atom is 0.357 e. The molecular weight excluding hydrogens is 274 g/mol. The highest BCUT2D eigenvalue weighted by atomic mass is 32.2. The van der Waals surface area contributed by atoms with Gasteiger partial charge >= 0.3 is 5.97 Å². The van der Waals surface area contributed by atoms with Crippen molar-refractivity contribution in [2.45, 2.75) is 44.2 Å². The summed E-state index contributed by atoms with van der Waals surface area (Å²) in [7, 11) is 1.39. The van der Waals surface area contributed by atoms with Crippen molar-refractivity contribution in [2.75, 3.05) is 13.7 Å². The van der Waals surface area contributed by atoms with Crippen LogP contribution >= 0.6 is 11.8 Å². The molecule has 5 nitrogen and oxygen atoms in total. The first-order valence-electron chi connectivity index (χ1n) is 6.95. The molecule has 6 heteroatoms. The normalized spacial score (nSPS) is 15.6. The Hall–Kier alpha value is -1.14. The molecule has 0 spiro atoms. The van der Waals surface area contributed by atoms with E-state index in [1.807, 2.05) is 11.8 Å². The van der Waals surface area contributed by atoms with Gasteiger partial charge in [0.15, 0.2) is 5.69 Å². The van der Waals surface area contributed by atoms with E-state index < -0.39 is 0 Å². The predicted octanol–water partition coefficient (Wildman–Crippen LogP) is 1.94. The van der Waals surface area contributed by atoms with Crippen molar-refractivity contribution in [1.29, 1.82) is 0 Å². The van der Waals surface area contributed by atoms with Gasteiger partial charge in [0.05, 0.1) is 18.6 Å². The lowest BCUT2D eigenvalue weighted by atomic mass is 10.0. The van der Waals surface area contributed by atoms with Gasteiger partial charge in [0.25, 0.3) is 0 Å². The molecule has 1 aliphatic rings. The third-order valence-electron chi connectivity index (χ3n) is 3.43. The number of carbonyl (C=O) groups excluding carboxylic acids is 1. The summed E-state index contributed by atoms with van der Waals surface area (Å²) in [4.78, 5) is 20.9. The van der Waals surface area contributed by atoms with E-state index in [0.29, 0.717) is 17.5 Å². The predicted molar refractivity (Wildman–Crippen MR) is 79.8 cm³/mol. The number of aromatic nitrogens is 2. The molecule has 1 N–H and O–H groups in total. The van der Waals surface area contributed by atoms with Crippen LogP contribution < -0.4 is 5.32 Å². The molecule has 0 aromatic carbocycles. The van der Waals surface area contributed by atoms with Crippen LogP contribution in [0, 0.1) is 0 Å². The van der Waals surface area contributed by atoms with E-state index in [-0.39, 0.29) is 5.97 Å². The highest BCUT2D eigenvalue weighted by Crippen LogP contribution is 2.21. The van der Waals surface area contributed by atoms with Crippen molar-refractivity contribution in [3.05, 3.63) is 22.8 Å². The van der Waals surface area contributed by atoms with Crippen molar-refractivity contribution in [3.8, 4) is 0 Å². The first-order chi connectivity index (χ1) is 9.65. The summed E-state index contributed by atoms with van der Waals surface area (Å²) in [5.74, 6) is 1.09. The van der Waals surface area contributed by atoms with Crippen LogP contribution in [-0.2, 0) is 23.5 Å². The fraction of sp³-hybridized carbons (Fsp3) is 0.643. The number of hydrogen-bond acceptors (Lipinski definition) is 6. The van der Waals surface area contributed by atoms with E-state index in [9.17, 15) is 4.79 Å². The van der Waals surface area contributed by atoms with Crippen LogP contribution in [0.15, 0.2) is 0 Å². The Bertz CT molecular complexity index is 494. The highest BCUT2D eigenvalue weighted by Gasteiger charge is 2.22. The van der Waals surface area contributed by atoms with Crippen LogP contribution in [-0.4, -0.2) is 34.8 Å². The van der Waals surface area contributed by atoms with Crippen molar-refractivity contribution in [3.63, 3.8) is 0 Å². The van der Waals surface area contributed by atoms with Crippen LogP contribution in [0.5, 0.6) is 0 Å². The van der Waals surface area contributed by atoms with Crippen molar-refractivity contribution in [1.82, 2.24) is 15.3 Å². The second-order valence-electron chi connectivity index (χ2n) is 4.86. The summed E-state index contributed by atoms with van der Waals surface area (Å²) in [6.07, 6.45) is 1.89. The van der Waals surface area contributed by atoms with E-state index in [0.717, 1.165) is 42.2 Å². The van der Waals surface area contributed by atoms with E-state index in [1.54, 1.807) is 0 Å². The first kappa shape index (κ1) is 15.3. The molecule has 0 saturated carbocycles. The van der Waals surface area contributed by atoms with Crippen LogP contribution in [0.25, 0.3) is 0 Å². The Morgan fingerprint density at radius 1 is 1.50 bits per heavy atom. The molecule has 1 unspecified atom stereocenters. The van der Waals surface area contributed by atoms with E-state index in [4.69, 9.17) is 4.74 Å². The quantitative estimate of drug-likeness (QED) is 0.838. The molecule has 0 bridgehead atoms. The Morgan fingerprint density at radius 2 is 2.30 bits per heavy atom. The summed E-state index contributed by atoms with van der Waals surface area (Å²) in [6, 6.07) is 0. The van der Waals surface area contributed by atoms with Gasteiger partial charge in [-0.1, -0.05) is 13.8 Å². The van der Waals surface area contributed by atoms with E-state index in [2.05, 4.69) is 29.1 Å². The summed E-state index contributed by atoms with van der Waals surface area (Å²) >= 11 is 1.81. The average molecular weight is 295 g/mol. The van der Waals surface area contributed by atoms with Gasteiger partial charge in [-0.2, -0.15) is 11.8 Å². The minimum absolute atomic E-state index is 0.361. The van der Waals surface area contributed by atoms with E-state index >= 15 is 0 Å². The van der Waals surface area contributed by atoms with E-state index in [1.165, 1.54) is 7.11 Å². The van der Waals surface area contributed by atoms with Gasteiger partial charge in [0.1, 0.15) is 5.82 Å². The number of carbonyl (C=O) groups is 1. The van der Waals surface area contributed by atoms with Gasteiger partial charge in [-0.05, 0) is 19.4 Å². The first-order valence-corrected chi connectivity index (χ1v) is 7.99. The van der Waals surface area contributed by atoms with Gasteiger partial charge in [-0.3, -0.25) is 0 Å². The molecule has 1 aromatic heterocycles. The lowest BCUT2D eigenvalue weighted by molar-refractivity contribution is 0.0591. The second kappa shape index (κ2) is 7.04. The smallest absolute Gasteiger partial charge is 0.357 e. The molecule has 0 fully saturated rings. The van der Waals surface area contributed by atoms with Gasteiger partial charge in [0, 0.05) is 17.4 Å².